The Morgan fingerprint density at radius 1 is 0.667 bits per heavy atom. The number of nitrogens with zero attached hydrogens (tertiary/aromatic N) is 1. The summed E-state index contributed by atoms with van der Waals surface area (Å²) in [6.07, 6.45) is 2.87. The van der Waals surface area contributed by atoms with Crippen molar-refractivity contribution in [1.29, 1.82) is 0 Å². The molecule has 0 atom stereocenters. The minimum atomic E-state index is 0.926. The molecule has 0 saturated heterocycles. The number of benzene rings is 4. The Balaban J connectivity index is 1.64. The smallest absolute Gasteiger partial charge is 0.0417 e. The van der Waals surface area contributed by atoms with Crippen LogP contribution in [0, 0.1) is 0 Å². The third-order valence-corrected chi connectivity index (χ3v) is 4.95. The lowest BCUT2D eigenvalue weighted by molar-refractivity contribution is 0.914. The van der Waals surface area contributed by atoms with Crippen molar-refractivity contribution >= 4 is 28.2 Å². The number of para-hydroxylation sites is 1. The van der Waals surface area contributed by atoms with Crippen molar-refractivity contribution in [3.63, 3.8) is 0 Å². The Morgan fingerprint density at radius 2 is 1.37 bits per heavy atom. The van der Waals surface area contributed by atoms with E-state index in [1.54, 1.807) is 0 Å². The summed E-state index contributed by atoms with van der Waals surface area (Å²) in [5.74, 6) is 0. The van der Waals surface area contributed by atoms with E-state index in [-0.39, 0.29) is 0 Å². The second-order valence-corrected chi connectivity index (χ2v) is 6.71. The van der Waals surface area contributed by atoms with Crippen molar-refractivity contribution < 1.29 is 0 Å². The number of hydrogen-bond acceptors (Lipinski definition) is 1. The average molecular weight is 349 g/mol. The van der Waals surface area contributed by atoms with Gasteiger partial charge in [-0.2, -0.15) is 0 Å². The standard InChI is InChI=1S/C26H23N/c1-2-21-12-14-22(15-13-21)18-19-27(25-10-4-3-5-11-25)26-17-16-23-8-6-7-9-24(23)20-26/h2-17,20H,1,18-19H2. The van der Waals surface area contributed by atoms with Crippen molar-refractivity contribution in [2.45, 2.75) is 6.42 Å². The Bertz CT molecular complexity index is 1030. The lowest BCUT2D eigenvalue weighted by Gasteiger charge is -2.25. The molecule has 0 N–H and O–H groups in total. The van der Waals surface area contributed by atoms with Crippen molar-refractivity contribution in [2.75, 3.05) is 11.4 Å². The molecule has 0 spiro atoms. The predicted molar refractivity (Wildman–Crippen MR) is 118 cm³/mol. The first-order chi connectivity index (χ1) is 13.3. The van der Waals surface area contributed by atoms with Crippen molar-refractivity contribution in [2.24, 2.45) is 0 Å². The molecule has 0 unspecified atom stereocenters. The lowest BCUT2D eigenvalue weighted by Crippen LogP contribution is -2.20. The molecule has 1 nitrogen and oxygen atoms in total. The third-order valence-electron chi connectivity index (χ3n) is 4.95. The zero-order valence-corrected chi connectivity index (χ0v) is 15.4. The van der Waals surface area contributed by atoms with E-state index in [0.717, 1.165) is 18.5 Å². The van der Waals surface area contributed by atoms with Crippen LogP contribution in [0.2, 0.25) is 0 Å². The van der Waals surface area contributed by atoms with E-state index < -0.39 is 0 Å². The minimum Gasteiger partial charge on any atom is -0.341 e. The molecule has 132 valence electrons. The molecule has 4 aromatic carbocycles. The van der Waals surface area contributed by atoms with Crippen LogP contribution in [0.25, 0.3) is 16.8 Å². The van der Waals surface area contributed by atoms with Gasteiger partial charge >= 0.3 is 0 Å². The fourth-order valence-electron chi connectivity index (χ4n) is 3.42. The van der Waals surface area contributed by atoms with Crippen LogP contribution in [0.4, 0.5) is 11.4 Å². The van der Waals surface area contributed by atoms with E-state index in [1.165, 1.54) is 27.7 Å². The molecule has 27 heavy (non-hydrogen) atoms. The molecule has 0 aliphatic carbocycles. The largest absolute Gasteiger partial charge is 0.341 e. The molecule has 0 bridgehead atoms. The van der Waals surface area contributed by atoms with Gasteiger partial charge in [0.2, 0.25) is 0 Å². The molecule has 0 radical (unpaired) electrons. The van der Waals surface area contributed by atoms with Gasteiger partial charge in [0, 0.05) is 17.9 Å². The number of fused-ring (bicyclic) bond motifs is 1. The van der Waals surface area contributed by atoms with E-state index in [0.29, 0.717) is 0 Å². The van der Waals surface area contributed by atoms with Crippen LogP contribution in [0.1, 0.15) is 11.1 Å². The van der Waals surface area contributed by atoms with E-state index >= 15 is 0 Å². The van der Waals surface area contributed by atoms with E-state index in [4.69, 9.17) is 0 Å². The van der Waals surface area contributed by atoms with Crippen LogP contribution in [0.5, 0.6) is 0 Å². The van der Waals surface area contributed by atoms with Gasteiger partial charge in [-0.15, -0.1) is 0 Å². The van der Waals surface area contributed by atoms with E-state index in [9.17, 15) is 0 Å². The first-order valence-corrected chi connectivity index (χ1v) is 9.36. The van der Waals surface area contributed by atoms with Crippen molar-refractivity contribution in [3.8, 4) is 0 Å². The Kier molecular flexibility index (Phi) is 5.02. The Morgan fingerprint density at radius 3 is 2.11 bits per heavy atom. The summed E-state index contributed by atoms with van der Waals surface area (Å²) < 4.78 is 0. The lowest BCUT2D eigenvalue weighted by atomic mass is 10.1. The van der Waals surface area contributed by atoms with Gasteiger partial charge in [-0.25, -0.2) is 0 Å². The van der Waals surface area contributed by atoms with Gasteiger partial charge in [0.1, 0.15) is 0 Å². The Labute approximate surface area is 161 Å². The highest BCUT2D eigenvalue weighted by Gasteiger charge is 2.10. The summed E-state index contributed by atoms with van der Waals surface area (Å²) in [6, 6.07) is 34.5. The molecule has 0 aliphatic rings. The maximum absolute atomic E-state index is 3.83. The zero-order valence-electron chi connectivity index (χ0n) is 15.4. The monoisotopic (exact) mass is 349 g/mol. The van der Waals surface area contributed by atoms with Gasteiger partial charge in [-0.3, -0.25) is 0 Å². The molecule has 0 amide bonds. The van der Waals surface area contributed by atoms with Crippen LogP contribution in [-0.4, -0.2) is 6.54 Å². The number of anilines is 2. The van der Waals surface area contributed by atoms with Crippen LogP contribution in [0.15, 0.2) is 104 Å². The van der Waals surface area contributed by atoms with Gasteiger partial charge in [0.15, 0.2) is 0 Å². The van der Waals surface area contributed by atoms with Crippen LogP contribution >= 0.6 is 0 Å². The molecule has 0 fully saturated rings. The van der Waals surface area contributed by atoms with Crippen LogP contribution < -0.4 is 4.90 Å². The molecule has 1 heteroatoms. The zero-order chi connectivity index (χ0) is 18.5. The first-order valence-electron chi connectivity index (χ1n) is 9.36. The topological polar surface area (TPSA) is 3.24 Å². The number of hydrogen-bond donors (Lipinski definition) is 0. The normalized spacial score (nSPS) is 10.7. The summed E-state index contributed by atoms with van der Waals surface area (Å²) in [7, 11) is 0. The summed E-state index contributed by atoms with van der Waals surface area (Å²) in [4.78, 5) is 2.40. The fourth-order valence-corrected chi connectivity index (χ4v) is 3.42. The third kappa shape index (κ3) is 3.93. The predicted octanol–water partition coefficient (Wildman–Crippen LogP) is 6.86. The average Bonchev–Trinajstić information content (AvgIpc) is 2.75. The van der Waals surface area contributed by atoms with E-state index in [1.807, 2.05) is 6.08 Å². The highest BCUT2D eigenvalue weighted by Crippen LogP contribution is 2.28. The van der Waals surface area contributed by atoms with E-state index in [2.05, 4.69) is 109 Å². The Hall–Kier alpha value is -3.32. The first kappa shape index (κ1) is 17.1. The second kappa shape index (κ2) is 7.92. The van der Waals surface area contributed by atoms with Gasteiger partial charge < -0.3 is 4.90 Å². The minimum absolute atomic E-state index is 0.926. The van der Waals surface area contributed by atoms with Gasteiger partial charge in [-0.05, 0) is 52.6 Å². The molecule has 0 saturated carbocycles. The van der Waals surface area contributed by atoms with Crippen LogP contribution in [0.3, 0.4) is 0 Å². The summed E-state index contributed by atoms with van der Waals surface area (Å²) in [5.41, 5.74) is 4.94. The molecule has 0 aliphatic heterocycles. The SMILES string of the molecule is C=Cc1ccc(CCN(c2ccccc2)c2ccc3ccccc3c2)cc1. The molecule has 4 rings (SSSR count). The quantitative estimate of drug-likeness (QED) is 0.367. The second-order valence-electron chi connectivity index (χ2n) is 6.71. The molecule has 0 heterocycles. The fraction of sp³-hybridized carbons (Fsp3) is 0.0769. The maximum Gasteiger partial charge on any atom is 0.0417 e. The summed E-state index contributed by atoms with van der Waals surface area (Å²) in [6.45, 7) is 4.76. The van der Waals surface area contributed by atoms with Crippen molar-refractivity contribution in [1.82, 2.24) is 0 Å². The molecular weight excluding hydrogens is 326 g/mol. The van der Waals surface area contributed by atoms with Gasteiger partial charge in [-0.1, -0.05) is 85.5 Å². The van der Waals surface area contributed by atoms with Crippen molar-refractivity contribution in [3.05, 3.63) is 115 Å². The maximum atomic E-state index is 3.83. The summed E-state index contributed by atoms with van der Waals surface area (Å²) in [5, 5.41) is 2.54. The highest BCUT2D eigenvalue weighted by molar-refractivity contribution is 5.86. The van der Waals surface area contributed by atoms with Gasteiger partial charge in [0.25, 0.3) is 0 Å². The molecule has 4 aromatic rings. The molecular formula is C26H23N. The molecule has 0 aromatic heterocycles. The summed E-state index contributed by atoms with van der Waals surface area (Å²) >= 11 is 0. The number of rotatable bonds is 6. The van der Waals surface area contributed by atoms with Gasteiger partial charge in [0.05, 0.1) is 0 Å². The highest BCUT2D eigenvalue weighted by atomic mass is 15.1. The van der Waals surface area contributed by atoms with Crippen LogP contribution in [-0.2, 0) is 6.42 Å².